The molecular weight excluding hydrogens is 415 g/mol. The van der Waals surface area contributed by atoms with Crippen LogP contribution in [0.15, 0.2) is 24.3 Å². The van der Waals surface area contributed by atoms with Crippen molar-refractivity contribution in [1.82, 2.24) is 10.2 Å². The summed E-state index contributed by atoms with van der Waals surface area (Å²) in [6.07, 6.45) is -0.939. The van der Waals surface area contributed by atoms with E-state index in [9.17, 15) is 27.9 Å². The summed E-state index contributed by atoms with van der Waals surface area (Å²) >= 11 is 0. The Labute approximate surface area is 178 Å². The highest BCUT2D eigenvalue weighted by atomic mass is 19.4. The topological polar surface area (TPSA) is 90.9 Å². The third kappa shape index (κ3) is 6.57. The Balaban J connectivity index is 1.48. The van der Waals surface area contributed by atoms with Crippen LogP contribution in [0.4, 0.5) is 23.7 Å². The number of halogens is 3. The Morgan fingerprint density at radius 1 is 1.10 bits per heavy atom. The second-order valence-electron chi connectivity index (χ2n) is 7.98. The van der Waals surface area contributed by atoms with E-state index in [1.165, 1.54) is 12.1 Å². The zero-order valence-electron chi connectivity index (χ0n) is 17.2. The predicted molar refractivity (Wildman–Crippen MR) is 107 cm³/mol. The van der Waals surface area contributed by atoms with Crippen LogP contribution >= 0.6 is 0 Å². The van der Waals surface area contributed by atoms with Crippen LogP contribution in [0.3, 0.4) is 0 Å². The molecule has 31 heavy (non-hydrogen) atoms. The fourth-order valence-corrected chi connectivity index (χ4v) is 3.99. The molecule has 0 spiro atoms. The zero-order valence-corrected chi connectivity index (χ0v) is 17.2. The summed E-state index contributed by atoms with van der Waals surface area (Å²) in [6, 6.07) is 3.05. The van der Waals surface area contributed by atoms with Gasteiger partial charge < -0.3 is 25.4 Å². The van der Waals surface area contributed by atoms with Gasteiger partial charge in [-0.15, -0.1) is 0 Å². The van der Waals surface area contributed by atoms with Gasteiger partial charge in [-0.05, 0) is 56.4 Å². The van der Waals surface area contributed by atoms with Gasteiger partial charge in [-0.3, -0.25) is 4.79 Å². The Bertz CT molecular complexity index is 751. The number of hydrogen-bond donors (Lipinski definition) is 3. The van der Waals surface area contributed by atoms with Crippen LogP contribution in [0.5, 0.6) is 0 Å². The number of hydrogen-bond acceptors (Lipinski definition) is 4. The highest BCUT2D eigenvalue weighted by Crippen LogP contribution is 2.30. The normalized spacial score (nSPS) is 24.5. The smallest absolute Gasteiger partial charge is 0.394 e. The maximum Gasteiger partial charge on any atom is 0.416 e. The largest absolute Gasteiger partial charge is 0.416 e. The molecule has 1 aromatic carbocycles. The SMILES string of the molecule is O=C(Nc1ccc(C(F)(F)F)cc1)N[C@H]1CC[C@H](CC(=O)N2CCCCC2)O[C@H]1CO. The molecule has 3 rings (SSSR count). The summed E-state index contributed by atoms with van der Waals surface area (Å²) in [5.74, 6) is 0.0489. The molecule has 0 aliphatic carbocycles. The van der Waals surface area contributed by atoms with Gasteiger partial charge in [-0.1, -0.05) is 0 Å². The lowest BCUT2D eigenvalue weighted by Crippen LogP contribution is -2.52. The Kier molecular flexibility index (Phi) is 7.77. The third-order valence-corrected chi connectivity index (χ3v) is 5.69. The van der Waals surface area contributed by atoms with Gasteiger partial charge in [0.1, 0.15) is 6.10 Å². The van der Waals surface area contributed by atoms with Crippen molar-refractivity contribution in [2.75, 3.05) is 25.0 Å². The van der Waals surface area contributed by atoms with E-state index in [2.05, 4.69) is 10.6 Å². The number of carbonyl (C=O) groups is 2. The molecule has 7 nitrogen and oxygen atoms in total. The lowest BCUT2D eigenvalue weighted by atomic mass is 9.96. The lowest BCUT2D eigenvalue weighted by molar-refractivity contribution is -0.141. The second-order valence-corrected chi connectivity index (χ2v) is 7.98. The number of likely N-dealkylation sites (tertiary alicyclic amines) is 1. The molecule has 0 radical (unpaired) electrons. The van der Waals surface area contributed by atoms with Crippen LogP contribution in [0.2, 0.25) is 0 Å². The second kappa shape index (κ2) is 10.3. The molecule has 172 valence electrons. The zero-order chi connectivity index (χ0) is 22.4. The first-order valence-electron chi connectivity index (χ1n) is 10.5. The summed E-state index contributed by atoms with van der Waals surface area (Å²) in [7, 11) is 0. The highest BCUT2D eigenvalue weighted by Gasteiger charge is 2.34. The van der Waals surface area contributed by atoms with E-state index in [4.69, 9.17) is 4.74 Å². The fraction of sp³-hybridized carbons (Fsp3) is 0.619. The van der Waals surface area contributed by atoms with Crippen LogP contribution in [0.1, 0.15) is 44.1 Å². The van der Waals surface area contributed by atoms with Crippen molar-refractivity contribution in [3.05, 3.63) is 29.8 Å². The highest BCUT2D eigenvalue weighted by molar-refractivity contribution is 5.89. The minimum Gasteiger partial charge on any atom is -0.394 e. The first-order chi connectivity index (χ1) is 14.8. The number of benzene rings is 1. The van der Waals surface area contributed by atoms with Crippen molar-refractivity contribution in [1.29, 1.82) is 0 Å². The molecule has 3 atom stereocenters. The molecule has 0 bridgehead atoms. The van der Waals surface area contributed by atoms with Gasteiger partial charge in [0.2, 0.25) is 5.91 Å². The minimum atomic E-state index is -4.44. The van der Waals surface area contributed by atoms with Crippen molar-refractivity contribution in [2.24, 2.45) is 0 Å². The van der Waals surface area contributed by atoms with Crippen LogP contribution in [0.25, 0.3) is 0 Å². The molecule has 1 aromatic rings. The molecule has 3 amide bonds. The Morgan fingerprint density at radius 2 is 1.77 bits per heavy atom. The van der Waals surface area contributed by atoms with E-state index in [1.807, 2.05) is 4.90 Å². The van der Waals surface area contributed by atoms with E-state index < -0.39 is 29.9 Å². The molecule has 0 aromatic heterocycles. The van der Waals surface area contributed by atoms with Crippen molar-refractivity contribution in [2.45, 2.75) is 63.0 Å². The van der Waals surface area contributed by atoms with E-state index >= 15 is 0 Å². The number of anilines is 1. The lowest BCUT2D eigenvalue weighted by Gasteiger charge is -2.37. The number of ether oxygens (including phenoxy) is 1. The monoisotopic (exact) mass is 443 g/mol. The van der Waals surface area contributed by atoms with Gasteiger partial charge in [0.25, 0.3) is 0 Å². The average molecular weight is 443 g/mol. The summed E-state index contributed by atoms with van der Waals surface area (Å²) < 4.78 is 43.7. The number of nitrogens with zero attached hydrogens (tertiary/aromatic N) is 1. The number of carbonyl (C=O) groups excluding carboxylic acids is 2. The standard InChI is InChI=1S/C21H28F3N3O4/c22-21(23,24)14-4-6-15(7-5-14)25-20(30)26-17-9-8-16(31-18(17)13-28)12-19(29)27-10-2-1-3-11-27/h4-7,16-18,28H,1-3,8-13H2,(H2,25,26,30)/t16-,17+,18+/m1/s1. The molecule has 2 saturated heterocycles. The molecule has 3 N–H and O–H groups in total. The van der Waals surface area contributed by atoms with Crippen molar-refractivity contribution >= 4 is 17.6 Å². The van der Waals surface area contributed by atoms with Crippen molar-refractivity contribution in [3.63, 3.8) is 0 Å². The van der Waals surface area contributed by atoms with Crippen LogP contribution in [0, 0.1) is 0 Å². The van der Waals surface area contributed by atoms with Crippen LogP contribution in [-0.4, -0.2) is 59.9 Å². The molecule has 2 aliphatic heterocycles. The Hall–Kier alpha value is -2.33. The van der Waals surface area contributed by atoms with E-state index in [-0.39, 0.29) is 30.7 Å². The van der Waals surface area contributed by atoms with Crippen molar-refractivity contribution in [3.8, 4) is 0 Å². The van der Waals surface area contributed by atoms with Gasteiger partial charge in [-0.25, -0.2) is 4.79 Å². The number of rotatable bonds is 5. The molecule has 0 saturated carbocycles. The maximum atomic E-state index is 12.6. The first kappa shape index (κ1) is 23.3. The number of amides is 3. The average Bonchev–Trinajstić information content (AvgIpc) is 2.75. The number of nitrogens with one attached hydrogen (secondary N) is 2. The van der Waals surface area contributed by atoms with E-state index in [1.54, 1.807) is 0 Å². The van der Waals surface area contributed by atoms with Gasteiger partial charge in [0, 0.05) is 18.8 Å². The summed E-state index contributed by atoms with van der Waals surface area (Å²) in [6.45, 7) is 1.21. The van der Waals surface area contributed by atoms with Crippen LogP contribution in [-0.2, 0) is 15.7 Å². The summed E-state index contributed by atoms with van der Waals surface area (Å²) in [5.41, 5.74) is -0.586. The molecule has 10 heteroatoms. The third-order valence-electron chi connectivity index (χ3n) is 5.69. The first-order valence-corrected chi connectivity index (χ1v) is 10.5. The van der Waals surface area contributed by atoms with E-state index in [0.717, 1.165) is 44.5 Å². The van der Waals surface area contributed by atoms with Crippen LogP contribution < -0.4 is 10.6 Å². The number of aliphatic hydroxyl groups is 1. The predicted octanol–water partition coefficient (Wildman–Crippen LogP) is 3.14. The minimum absolute atomic E-state index is 0.0489. The van der Waals surface area contributed by atoms with Gasteiger partial charge in [-0.2, -0.15) is 13.2 Å². The van der Waals surface area contributed by atoms with Gasteiger partial charge in [0.05, 0.1) is 30.7 Å². The van der Waals surface area contributed by atoms with Gasteiger partial charge >= 0.3 is 12.2 Å². The molecule has 0 unspecified atom stereocenters. The Morgan fingerprint density at radius 3 is 2.39 bits per heavy atom. The summed E-state index contributed by atoms with van der Waals surface area (Å²) in [5, 5.41) is 14.9. The number of urea groups is 1. The molecule has 2 aliphatic rings. The summed E-state index contributed by atoms with van der Waals surface area (Å²) in [4.78, 5) is 26.5. The molecule has 2 heterocycles. The molecule has 2 fully saturated rings. The maximum absolute atomic E-state index is 12.6. The number of piperidine rings is 1. The fourth-order valence-electron chi connectivity index (χ4n) is 3.99. The number of aliphatic hydroxyl groups excluding tert-OH is 1. The van der Waals surface area contributed by atoms with Gasteiger partial charge in [0.15, 0.2) is 0 Å². The quantitative estimate of drug-likeness (QED) is 0.652. The number of alkyl halides is 3. The van der Waals surface area contributed by atoms with Crippen molar-refractivity contribution < 1.29 is 32.6 Å². The van der Waals surface area contributed by atoms with E-state index in [0.29, 0.717) is 12.8 Å². The molecular formula is C21H28F3N3O4.